The molecule has 120 valence electrons. The first kappa shape index (κ1) is 16.2. The molecule has 1 heterocycles. The summed E-state index contributed by atoms with van der Waals surface area (Å²) in [6.07, 6.45) is 1.88. The van der Waals surface area contributed by atoms with Crippen LogP contribution in [0.25, 0.3) is 0 Å². The number of nitrogens with zero attached hydrogens (tertiary/aromatic N) is 2. The van der Waals surface area contributed by atoms with Crippen LogP contribution in [0.2, 0.25) is 0 Å². The zero-order valence-corrected chi connectivity index (χ0v) is 12.9. The van der Waals surface area contributed by atoms with Gasteiger partial charge in [-0.2, -0.15) is 0 Å². The third kappa shape index (κ3) is 3.94. The molecule has 0 radical (unpaired) electrons. The second-order valence-corrected chi connectivity index (χ2v) is 5.43. The zero-order chi connectivity index (χ0) is 16.1. The van der Waals surface area contributed by atoms with Crippen LogP contribution in [0.3, 0.4) is 0 Å². The molecule has 7 nitrogen and oxygen atoms in total. The lowest BCUT2D eigenvalue weighted by Crippen LogP contribution is -2.36. The minimum Gasteiger partial charge on any atom is -0.462 e. The second kappa shape index (κ2) is 7.22. The normalized spacial score (nSPS) is 16.3. The minimum atomic E-state index is -0.545. The first-order valence-corrected chi connectivity index (χ1v) is 7.42. The average molecular weight is 307 g/mol. The molecule has 0 spiro atoms. The van der Waals surface area contributed by atoms with Gasteiger partial charge in [0.1, 0.15) is 5.69 Å². The topological polar surface area (TPSA) is 84.7 Å². The number of nitrogens with one attached hydrogen (secondary N) is 1. The van der Waals surface area contributed by atoms with Gasteiger partial charge in [-0.1, -0.05) is 0 Å². The number of esters is 1. The largest absolute Gasteiger partial charge is 0.462 e. The summed E-state index contributed by atoms with van der Waals surface area (Å²) in [5, 5.41) is 14.5. The monoisotopic (exact) mass is 307 g/mol. The molecule has 1 fully saturated rings. The number of carbonyl (C=O) groups excluding carboxylic acids is 1. The van der Waals surface area contributed by atoms with E-state index in [-0.39, 0.29) is 23.9 Å². The highest BCUT2D eigenvalue weighted by molar-refractivity contribution is 5.91. The van der Waals surface area contributed by atoms with E-state index in [1.807, 2.05) is 0 Å². The van der Waals surface area contributed by atoms with Gasteiger partial charge >= 0.3 is 5.97 Å². The molecular weight excluding hydrogens is 286 g/mol. The highest BCUT2D eigenvalue weighted by atomic mass is 16.6. The highest BCUT2D eigenvalue weighted by Gasteiger charge is 2.22. The molecule has 1 aliphatic rings. The molecule has 1 aromatic rings. The molecule has 0 aromatic heterocycles. The van der Waals surface area contributed by atoms with Gasteiger partial charge in [-0.25, -0.2) is 4.79 Å². The number of carbonyl (C=O) groups is 1. The molecule has 1 saturated heterocycles. The Bertz CT molecular complexity index is 554. The van der Waals surface area contributed by atoms with Gasteiger partial charge in [0.15, 0.2) is 0 Å². The Kier molecular flexibility index (Phi) is 5.32. The van der Waals surface area contributed by atoms with Gasteiger partial charge in [0, 0.05) is 12.1 Å². The molecule has 0 amide bonds. The summed E-state index contributed by atoms with van der Waals surface area (Å²) in [7, 11) is 2.06. The van der Waals surface area contributed by atoms with E-state index in [9.17, 15) is 14.9 Å². The molecule has 0 atom stereocenters. The van der Waals surface area contributed by atoms with E-state index in [0.717, 1.165) is 25.9 Å². The van der Waals surface area contributed by atoms with Crippen molar-refractivity contribution in [2.45, 2.75) is 25.8 Å². The summed E-state index contributed by atoms with van der Waals surface area (Å²) in [4.78, 5) is 24.7. The number of piperidine rings is 1. The summed E-state index contributed by atoms with van der Waals surface area (Å²) >= 11 is 0. The minimum absolute atomic E-state index is 0.0931. The van der Waals surface area contributed by atoms with Gasteiger partial charge < -0.3 is 15.0 Å². The summed E-state index contributed by atoms with van der Waals surface area (Å²) in [5.41, 5.74) is 0.555. The van der Waals surface area contributed by atoms with Crippen LogP contribution < -0.4 is 5.32 Å². The lowest BCUT2D eigenvalue weighted by Gasteiger charge is -2.30. The summed E-state index contributed by atoms with van der Waals surface area (Å²) in [5.74, 6) is -0.545. The molecule has 22 heavy (non-hydrogen) atoms. The number of hydrogen-bond acceptors (Lipinski definition) is 6. The number of rotatable bonds is 5. The highest BCUT2D eigenvalue weighted by Crippen LogP contribution is 2.28. The fourth-order valence-corrected chi connectivity index (χ4v) is 2.52. The van der Waals surface area contributed by atoms with E-state index in [1.165, 1.54) is 6.07 Å². The Morgan fingerprint density at radius 2 is 2.14 bits per heavy atom. The number of likely N-dealkylation sites (tertiary alicyclic amines) is 1. The first-order chi connectivity index (χ1) is 10.5. The summed E-state index contributed by atoms with van der Waals surface area (Å²) < 4.78 is 4.88. The van der Waals surface area contributed by atoms with Crippen molar-refractivity contribution >= 4 is 17.3 Å². The third-order valence-corrected chi connectivity index (χ3v) is 3.78. The number of hydrogen-bond donors (Lipinski definition) is 1. The molecule has 1 aliphatic heterocycles. The Morgan fingerprint density at radius 1 is 1.45 bits per heavy atom. The molecular formula is C15H21N3O4. The van der Waals surface area contributed by atoms with Crippen molar-refractivity contribution in [3.05, 3.63) is 33.9 Å². The van der Waals surface area contributed by atoms with Crippen LogP contribution in [0.4, 0.5) is 11.4 Å². The molecule has 1 aromatic carbocycles. The predicted molar refractivity (Wildman–Crippen MR) is 83.2 cm³/mol. The first-order valence-electron chi connectivity index (χ1n) is 7.42. The number of nitro benzene ring substituents is 1. The molecule has 0 aliphatic carbocycles. The van der Waals surface area contributed by atoms with Crippen molar-refractivity contribution in [3.63, 3.8) is 0 Å². The maximum atomic E-state index is 11.7. The summed E-state index contributed by atoms with van der Waals surface area (Å²) in [6, 6.07) is 4.63. The smallest absolute Gasteiger partial charge is 0.338 e. The van der Waals surface area contributed by atoms with Crippen LogP contribution in [0.1, 0.15) is 30.1 Å². The lowest BCUT2D eigenvalue weighted by molar-refractivity contribution is -0.384. The van der Waals surface area contributed by atoms with E-state index in [4.69, 9.17) is 4.74 Å². The van der Waals surface area contributed by atoms with Crippen LogP contribution in [0, 0.1) is 10.1 Å². The van der Waals surface area contributed by atoms with E-state index >= 15 is 0 Å². The van der Waals surface area contributed by atoms with Crippen LogP contribution in [0.5, 0.6) is 0 Å². The van der Waals surface area contributed by atoms with Crippen molar-refractivity contribution in [1.82, 2.24) is 4.90 Å². The van der Waals surface area contributed by atoms with E-state index in [2.05, 4.69) is 17.3 Å². The lowest BCUT2D eigenvalue weighted by atomic mass is 10.0. The van der Waals surface area contributed by atoms with Crippen LogP contribution in [0.15, 0.2) is 18.2 Å². The fourth-order valence-electron chi connectivity index (χ4n) is 2.52. The Balaban J connectivity index is 2.16. The number of benzene rings is 1. The van der Waals surface area contributed by atoms with Gasteiger partial charge in [-0.05, 0) is 52.0 Å². The fraction of sp³-hybridized carbons (Fsp3) is 0.533. The zero-order valence-electron chi connectivity index (χ0n) is 12.9. The maximum absolute atomic E-state index is 11.7. The van der Waals surface area contributed by atoms with Crippen molar-refractivity contribution in [2.24, 2.45) is 0 Å². The van der Waals surface area contributed by atoms with Gasteiger partial charge in [0.25, 0.3) is 5.69 Å². The Morgan fingerprint density at radius 3 is 2.73 bits per heavy atom. The van der Waals surface area contributed by atoms with Crippen LogP contribution in [-0.2, 0) is 4.74 Å². The summed E-state index contributed by atoms with van der Waals surface area (Å²) in [6.45, 7) is 3.86. The van der Waals surface area contributed by atoms with Crippen molar-refractivity contribution in [1.29, 1.82) is 0 Å². The van der Waals surface area contributed by atoms with Crippen molar-refractivity contribution < 1.29 is 14.5 Å². The van der Waals surface area contributed by atoms with E-state index in [1.54, 1.807) is 19.1 Å². The quantitative estimate of drug-likeness (QED) is 0.510. The standard InChI is InChI=1S/C15H21N3O4/c1-3-22-15(19)11-4-5-13(14(10-11)18(20)21)16-12-6-8-17(2)9-7-12/h4-5,10,12,16H,3,6-9H2,1-2H3. The number of ether oxygens (including phenoxy) is 1. The number of anilines is 1. The van der Waals surface area contributed by atoms with E-state index in [0.29, 0.717) is 5.69 Å². The maximum Gasteiger partial charge on any atom is 0.338 e. The Labute approximate surface area is 129 Å². The molecule has 0 saturated carbocycles. The van der Waals surface area contributed by atoms with Gasteiger partial charge in [-0.15, -0.1) is 0 Å². The Hall–Kier alpha value is -2.15. The van der Waals surface area contributed by atoms with E-state index < -0.39 is 10.9 Å². The third-order valence-electron chi connectivity index (χ3n) is 3.78. The predicted octanol–water partition coefficient (Wildman–Crippen LogP) is 2.28. The molecule has 0 bridgehead atoms. The molecule has 2 rings (SSSR count). The van der Waals surface area contributed by atoms with Crippen LogP contribution in [-0.4, -0.2) is 48.6 Å². The van der Waals surface area contributed by atoms with Crippen LogP contribution >= 0.6 is 0 Å². The van der Waals surface area contributed by atoms with Crippen molar-refractivity contribution in [2.75, 3.05) is 32.1 Å². The molecule has 1 N–H and O–H groups in total. The average Bonchev–Trinajstić information content (AvgIpc) is 2.50. The number of nitro groups is 1. The van der Waals surface area contributed by atoms with Gasteiger partial charge in [0.05, 0.1) is 17.1 Å². The van der Waals surface area contributed by atoms with Gasteiger partial charge in [-0.3, -0.25) is 10.1 Å². The second-order valence-electron chi connectivity index (χ2n) is 5.43. The van der Waals surface area contributed by atoms with Crippen molar-refractivity contribution in [3.8, 4) is 0 Å². The molecule has 0 unspecified atom stereocenters. The molecule has 7 heteroatoms. The van der Waals surface area contributed by atoms with Gasteiger partial charge in [0.2, 0.25) is 0 Å². The SMILES string of the molecule is CCOC(=O)c1ccc(NC2CCN(C)CC2)c([N+](=O)[O-])c1.